The molecule has 6 nitrogen and oxygen atoms in total. The molecule has 0 aliphatic rings. The smallest absolute Gasteiger partial charge is 0.306 e. The fourth-order valence-electron chi connectivity index (χ4n) is 6.64. The van der Waals surface area contributed by atoms with E-state index < -0.39 is 18.2 Å². The topological polar surface area (TPSA) is 95.9 Å². The molecule has 0 aliphatic carbocycles. The number of hydrogen-bond donors (Lipinski definition) is 3. The van der Waals surface area contributed by atoms with Crippen LogP contribution in [0.15, 0.2) is 97.2 Å². The zero-order chi connectivity index (χ0) is 43.1. The second kappa shape index (κ2) is 45.9. The van der Waals surface area contributed by atoms with Gasteiger partial charge in [0.25, 0.3) is 0 Å². The zero-order valence-electron chi connectivity index (χ0n) is 38.1. The number of rotatable bonds is 41. The predicted octanol–water partition coefficient (Wildman–Crippen LogP) is 14.2. The Morgan fingerprint density at radius 2 is 1.00 bits per heavy atom. The van der Waals surface area contributed by atoms with Gasteiger partial charge in [-0.3, -0.25) is 9.59 Å². The molecule has 3 unspecified atom stereocenters. The van der Waals surface area contributed by atoms with Crippen LogP contribution in [0.4, 0.5) is 0 Å². The average molecular weight is 820 g/mol. The molecular formula is C53H89NO5. The first-order chi connectivity index (χ1) is 29.0. The Labute approximate surface area is 363 Å². The standard InChI is InChI=1S/C53H89NO5/c1-4-7-10-13-16-19-22-24-25-26-27-29-31-34-37-40-43-46-53(58)59-49(44-41-38-35-32-30-28-23-20-17-14-11-8-5-2)47-52(57)54-50(48-55)51(56)45-42-39-36-33-21-18-15-12-9-6-3/h7-8,10-11,14,16-17,19-20,23-25,27,29,34,37,49-51,55-56H,4-6,9,12-13,15,18,21-22,26,28,30-33,35-36,38-48H2,1-3H3,(H,54,57)/b10-7-,11-8+,17-14+,19-16-,23-20+,25-24-,29-27-,37-34-. The van der Waals surface area contributed by atoms with Crippen molar-refractivity contribution in [1.29, 1.82) is 0 Å². The maximum absolute atomic E-state index is 13.1. The van der Waals surface area contributed by atoms with E-state index in [9.17, 15) is 19.8 Å². The first kappa shape index (κ1) is 55.8. The molecule has 0 aromatic carbocycles. The summed E-state index contributed by atoms with van der Waals surface area (Å²) in [5.74, 6) is -0.574. The Morgan fingerprint density at radius 3 is 1.56 bits per heavy atom. The van der Waals surface area contributed by atoms with Gasteiger partial charge in [-0.2, -0.15) is 0 Å². The SMILES string of the molecule is CC/C=C\C/C=C\C/C=C\C/C=C\C/C=C\CCCC(=O)OC(CCCCCCC/C=C/C=C/C=C/CC)CC(=O)NC(CO)C(O)CCCCCCCCCCCC. The van der Waals surface area contributed by atoms with E-state index in [1.807, 2.05) is 0 Å². The molecule has 59 heavy (non-hydrogen) atoms. The second-order valence-electron chi connectivity index (χ2n) is 15.8. The molecule has 0 aliphatic heterocycles. The van der Waals surface area contributed by atoms with E-state index in [4.69, 9.17) is 4.74 Å². The number of carbonyl (C=O) groups is 2. The summed E-state index contributed by atoms with van der Waals surface area (Å²) in [5.41, 5.74) is 0. The van der Waals surface area contributed by atoms with Gasteiger partial charge in [-0.05, 0) is 83.5 Å². The Hall–Kier alpha value is -3.22. The van der Waals surface area contributed by atoms with E-state index in [2.05, 4.69) is 123 Å². The lowest BCUT2D eigenvalue weighted by molar-refractivity contribution is -0.151. The number of unbranched alkanes of at least 4 members (excludes halogenated alkanes) is 15. The third-order valence-electron chi connectivity index (χ3n) is 10.2. The number of esters is 1. The van der Waals surface area contributed by atoms with Crippen LogP contribution in [0.1, 0.15) is 201 Å². The molecule has 0 aromatic heterocycles. The number of carbonyl (C=O) groups excluding carboxylic acids is 2. The maximum Gasteiger partial charge on any atom is 0.306 e. The van der Waals surface area contributed by atoms with Crippen molar-refractivity contribution in [3.63, 3.8) is 0 Å². The highest BCUT2D eigenvalue weighted by Crippen LogP contribution is 2.17. The van der Waals surface area contributed by atoms with Crippen molar-refractivity contribution in [2.75, 3.05) is 6.61 Å². The van der Waals surface area contributed by atoms with Gasteiger partial charge in [0.2, 0.25) is 5.91 Å². The van der Waals surface area contributed by atoms with Gasteiger partial charge in [-0.25, -0.2) is 0 Å². The molecule has 0 bridgehead atoms. The molecule has 3 atom stereocenters. The number of allylic oxidation sites excluding steroid dienone is 16. The minimum atomic E-state index is -0.807. The minimum Gasteiger partial charge on any atom is -0.462 e. The van der Waals surface area contributed by atoms with E-state index in [1.54, 1.807) is 0 Å². The summed E-state index contributed by atoms with van der Waals surface area (Å²) in [4.78, 5) is 26.0. The summed E-state index contributed by atoms with van der Waals surface area (Å²) in [6.07, 6.45) is 60.4. The van der Waals surface area contributed by atoms with Crippen molar-refractivity contribution < 1.29 is 24.5 Å². The van der Waals surface area contributed by atoms with Crippen LogP contribution in [-0.2, 0) is 14.3 Å². The Bertz CT molecular complexity index is 1190. The van der Waals surface area contributed by atoms with Crippen molar-refractivity contribution in [2.45, 2.75) is 219 Å². The van der Waals surface area contributed by atoms with Gasteiger partial charge in [-0.1, -0.05) is 201 Å². The highest BCUT2D eigenvalue weighted by Gasteiger charge is 2.24. The first-order valence-electron chi connectivity index (χ1n) is 24.0. The Morgan fingerprint density at radius 1 is 0.525 bits per heavy atom. The summed E-state index contributed by atoms with van der Waals surface area (Å²) in [7, 11) is 0. The van der Waals surface area contributed by atoms with Crippen LogP contribution in [0.3, 0.4) is 0 Å². The van der Waals surface area contributed by atoms with Gasteiger partial charge in [0.15, 0.2) is 0 Å². The fraction of sp³-hybridized carbons (Fsp3) is 0.660. The third-order valence-corrected chi connectivity index (χ3v) is 10.2. The molecule has 0 saturated carbocycles. The number of hydrogen-bond acceptors (Lipinski definition) is 5. The highest BCUT2D eigenvalue weighted by molar-refractivity contribution is 5.77. The lowest BCUT2D eigenvalue weighted by Crippen LogP contribution is -2.46. The molecule has 336 valence electrons. The normalized spacial score (nSPS) is 14.2. The molecule has 0 aromatic rings. The van der Waals surface area contributed by atoms with E-state index in [0.717, 1.165) is 103 Å². The number of nitrogens with one attached hydrogen (secondary N) is 1. The Balaban J connectivity index is 4.74. The minimum absolute atomic E-state index is 0.0355. The van der Waals surface area contributed by atoms with Crippen LogP contribution in [-0.4, -0.2) is 46.9 Å². The summed E-state index contributed by atoms with van der Waals surface area (Å²) in [5, 5.41) is 23.6. The lowest BCUT2D eigenvalue weighted by atomic mass is 10.0. The molecule has 0 rings (SSSR count). The number of ether oxygens (including phenoxy) is 1. The molecule has 0 spiro atoms. The first-order valence-corrected chi connectivity index (χ1v) is 24.0. The zero-order valence-corrected chi connectivity index (χ0v) is 38.1. The van der Waals surface area contributed by atoms with Crippen LogP contribution in [0.5, 0.6) is 0 Å². The fourth-order valence-corrected chi connectivity index (χ4v) is 6.64. The van der Waals surface area contributed by atoms with Crippen molar-refractivity contribution in [3.05, 3.63) is 97.2 Å². The van der Waals surface area contributed by atoms with Gasteiger partial charge in [-0.15, -0.1) is 0 Å². The van der Waals surface area contributed by atoms with E-state index in [0.29, 0.717) is 25.7 Å². The molecule has 3 N–H and O–H groups in total. The molecule has 0 saturated heterocycles. The summed E-state index contributed by atoms with van der Waals surface area (Å²) >= 11 is 0. The van der Waals surface area contributed by atoms with Gasteiger partial charge in [0.1, 0.15) is 6.10 Å². The summed E-state index contributed by atoms with van der Waals surface area (Å²) in [6, 6.07) is -0.724. The lowest BCUT2D eigenvalue weighted by Gasteiger charge is -2.24. The molecule has 0 heterocycles. The largest absolute Gasteiger partial charge is 0.462 e. The van der Waals surface area contributed by atoms with Crippen molar-refractivity contribution >= 4 is 11.9 Å². The second-order valence-corrected chi connectivity index (χ2v) is 15.8. The number of amides is 1. The van der Waals surface area contributed by atoms with Crippen LogP contribution < -0.4 is 5.32 Å². The monoisotopic (exact) mass is 820 g/mol. The number of aliphatic hydroxyl groups is 2. The Kier molecular flexibility index (Phi) is 43.4. The third kappa shape index (κ3) is 41.3. The van der Waals surface area contributed by atoms with Gasteiger partial charge < -0.3 is 20.3 Å². The van der Waals surface area contributed by atoms with Crippen molar-refractivity contribution in [1.82, 2.24) is 5.32 Å². The summed E-state index contributed by atoms with van der Waals surface area (Å²) < 4.78 is 5.88. The summed E-state index contributed by atoms with van der Waals surface area (Å²) in [6.45, 7) is 6.19. The van der Waals surface area contributed by atoms with Crippen molar-refractivity contribution in [3.8, 4) is 0 Å². The number of aliphatic hydroxyl groups excluding tert-OH is 2. The molecule has 6 heteroatoms. The van der Waals surface area contributed by atoms with Gasteiger partial charge in [0.05, 0.1) is 25.2 Å². The highest BCUT2D eigenvalue weighted by atomic mass is 16.5. The van der Waals surface area contributed by atoms with Gasteiger partial charge in [0, 0.05) is 6.42 Å². The quantitative estimate of drug-likeness (QED) is 0.0247. The van der Waals surface area contributed by atoms with Crippen LogP contribution in [0.2, 0.25) is 0 Å². The van der Waals surface area contributed by atoms with Crippen LogP contribution in [0, 0.1) is 0 Å². The van der Waals surface area contributed by atoms with Crippen LogP contribution >= 0.6 is 0 Å². The molecule has 0 fully saturated rings. The van der Waals surface area contributed by atoms with E-state index >= 15 is 0 Å². The maximum atomic E-state index is 13.1. The average Bonchev–Trinajstić information content (AvgIpc) is 3.23. The molecule has 1 amide bonds. The predicted molar refractivity (Wildman–Crippen MR) is 254 cm³/mol. The van der Waals surface area contributed by atoms with Crippen molar-refractivity contribution in [2.24, 2.45) is 0 Å². The molecular weight excluding hydrogens is 731 g/mol. The van der Waals surface area contributed by atoms with E-state index in [-0.39, 0.29) is 24.9 Å². The van der Waals surface area contributed by atoms with E-state index in [1.165, 1.54) is 44.9 Å². The van der Waals surface area contributed by atoms with Gasteiger partial charge >= 0.3 is 5.97 Å². The van der Waals surface area contributed by atoms with Crippen LogP contribution in [0.25, 0.3) is 0 Å². The molecule has 0 radical (unpaired) electrons.